The molecule has 0 spiro atoms. The predicted octanol–water partition coefficient (Wildman–Crippen LogP) is 2.77. The van der Waals surface area contributed by atoms with Crippen molar-refractivity contribution in [1.82, 2.24) is 15.1 Å². The quantitative estimate of drug-likeness (QED) is 0.747. The highest BCUT2D eigenvalue weighted by atomic mass is 32.1. The molecule has 0 atom stereocenters. The van der Waals surface area contributed by atoms with Gasteiger partial charge in [-0.05, 0) is 17.3 Å². The van der Waals surface area contributed by atoms with Crippen molar-refractivity contribution in [2.45, 2.75) is 12.8 Å². The lowest BCUT2D eigenvalue weighted by molar-refractivity contribution is -0.116. The van der Waals surface area contributed by atoms with Crippen molar-refractivity contribution in [3.8, 4) is 17.3 Å². The minimum atomic E-state index is -0.137. The predicted molar refractivity (Wildman–Crippen MR) is 85.4 cm³/mol. The van der Waals surface area contributed by atoms with Crippen LogP contribution in [-0.4, -0.2) is 28.1 Å². The number of methoxy groups -OCH3 is 1. The number of pyridine rings is 1. The first-order valence-corrected chi connectivity index (χ1v) is 7.79. The second-order valence-electron chi connectivity index (χ2n) is 4.64. The van der Waals surface area contributed by atoms with E-state index in [-0.39, 0.29) is 12.3 Å². The van der Waals surface area contributed by atoms with Gasteiger partial charge in [-0.2, -0.15) is 0 Å². The summed E-state index contributed by atoms with van der Waals surface area (Å²) in [6.07, 6.45) is 2.43. The fourth-order valence-electron chi connectivity index (χ4n) is 1.89. The Morgan fingerprint density at radius 2 is 2.30 bits per heavy atom. The Balaban J connectivity index is 1.55. The molecule has 0 radical (unpaired) electrons. The van der Waals surface area contributed by atoms with Crippen LogP contribution in [0.15, 0.2) is 40.4 Å². The van der Waals surface area contributed by atoms with E-state index in [0.29, 0.717) is 23.2 Å². The van der Waals surface area contributed by atoms with Gasteiger partial charge in [-0.1, -0.05) is 6.07 Å². The SMILES string of the molecule is COc1cc(CCC(=O)Nc2nc(-c3ccccn3)cs2)on1. The Hall–Kier alpha value is -2.74. The molecule has 8 heteroatoms. The maximum absolute atomic E-state index is 12.0. The lowest BCUT2D eigenvalue weighted by atomic mass is 10.2. The molecule has 23 heavy (non-hydrogen) atoms. The molecule has 0 saturated heterocycles. The standard InChI is InChI=1S/C15H14N4O3S/c1-21-14-8-10(22-19-14)5-6-13(20)18-15-17-12(9-23-15)11-4-2-3-7-16-11/h2-4,7-9H,5-6H2,1H3,(H,17,18,20). The van der Waals surface area contributed by atoms with Gasteiger partial charge < -0.3 is 14.6 Å². The number of nitrogens with one attached hydrogen (secondary N) is 1. The molecular weight excluding hydrogens is 316 g/mol. The van der Waals surface area contributed by atoms with Gasteiger partial charge in [0.2, 0.25) is 5.91 Å². The molecule has 7 nitrogen and oxygen atoms in total. The summed E-state index contributed by atoms with van der Waals surface area (Å²) in [5, 5.41) is 8.87. The Bertz CT molecular complexity index is 785. The number of aromatic nitrogens is 3. The van der Waals surface area contributed by atoms with Gasteiger partial charge in [0.25, 0.3) is 5.88 Å². The highest BCUT2D eigenvalue weighted by Crippen LogP contribution is 2.23. The lowest BCUT2D eigenvalue weighted by Gasteiger charge is -1.99. The third kappa shape index (κ3) is 3.92. The fourth-order valence-corrected chi connectivity index (χ4v) is 2.61. The van der Waals surface area contributed by atoms with Crippen molar-refractivity contribution in [1.29, 1.82) is 0 Å². The average molecular weight is 330 g/mol. The molecule has 3 aromatic heterocycles. The normalized spacial score (nSPS) is 10.5. The van der Waals surface area contributed by atoms with E-state index in [9.17, 15) is 4.79 Å². The number of hydrogen-bond acceptors (Lipinski definition) is 7. The topological polar surface area (TPSA) is 90.1 Å². The molecule has 0 saturated carbocycles. The smallest absolute Gasteiger partial charge is 0.254 e. The molecule has 3 rings (SSSR count). The number of nitrogens with zero attached hydrogens (tertiary/aromatic N) is 3. The minimum absolute atomic E-state index is 0.137. The average Bonchev–Trinajstić information content (AvgIpc) is 3.23. The largest absolute Gasteiger partial charge is 0.479 e. The van der Waals surface area contributed by atoms with Gasteiger partial charge in [-0.3, -0.25) is 9.78 Å². The Morgan fingerprint density at radius 1 is 1.39 bits per heavy atom. The maximum atomic E-state index is 12.0. The molecule has 3 aromatic rings. The number of carbonyl (C=O) groups excluding carboxylic acids is 1. The Morgan fingerprint density at radius 3 is 3.04 bits per heavy atom. The molecule has 0 aliphatic rings. The molecule has 3 heterocycles. The number of rotatable bonds is 6. The van der Waals surface area contributed by atoms with E-state index in [1.165, 1.54) is 18.4 Å². The van der Waals surface area contributed by atoms with Crippen LogP contribution in [0.4, 0.5) is 5.13 Å². The van der Waals surface area contributed by atoms with Crippen LogP contribution in [0.5, 0.6) is 5.88 Å². The van der Waals surface area contributed by atoms with E-state index in [4.69, 9.17) is 9.26 Å². The molecule has 1 amide bonds. The number of carbonyl (C=O) groups is 1. The van der Waals surface area contributed by atoms with E-state index in [1.807, 2.05) is 23.6 Å². The molecule has 0 unspecified atom stereocenters. The molecule has 0 aliphatic heterocycles. The maximum Gasteiger partial charge on any atom is 0.254 e. The van der Waals surface area contributed by atoms with Gasteiger partial charge in [0.15, 0.2) is 5.13 Å². The summed E-state index contributed by atoms with van der Waals surface area (Å²) >= 11 is 1.36. The second-order valence-corrected chi connectivity index (χ2v) is 5.49. The molecule has 118 valence electrons. The van der Waals surface area contributed by atoms with Gasteiger partial charge in [0.1, 0.15) is 11.5 Å². The van der Waals surface area contributed by atoms with Crippen LogP contribution in [0, 0.1) is 0 Å². The van der Waals surface area contributed by atoms with Crippen molar-refractivity contribution in [3.05, 3.63) is 41.6 Å². The summed E-state index contributed by atoms with van der Waals surface area (Å²) in [6, 6.07) is 7.27. The van der Waals surface area contributed by atoms with Gasteiger partial charge >= 0.3 is 0 Å². The number of hydrogen-bond donors (Lipinski definition) is 1. The summed E-state index contributed by atoms with van der Waals surface area (Å²) in [4.78, 5) is 20.5. The molecule has 0 bridgehead atoms. The monoisotopic (exact) mass is 330 g/mol. The number of ether oxygens (including phenoxy) is 1. The summed E-state index contributed by atoms with van der Waals surface area (Å²) in [5.41, 5.74) is 1.52. The van der Waals surface area contributed by atoms with Crippen molar-refractivity contribution < 1.29 is 14.1 Å². The third-order valence-electron chi connectivity index (χ3n) is 3.02. The zero-order valence-electron chi connectivity index (χ0n) is 12.4. The highest BCUT2D eigenvalue weighted by Gasteiger charge is 2.11. The van der Waals surface area contributed by atoms with Crippen LogP contribution < -0.4 is 10.1 Å². The first-order valence-electron chi connectivity index (χ1n) is 6.91. The molecular formula is C15H14N4O3S. The number of aryl methyl sites for hydroxylation is 1. The summed E-state index contributed by atoms with van der Waals surface area (Å²) < 4.78 is 9.96. The fraction of sp³-hybridized carbons (Fsp3) is 0.200. The summed E-state index contributed by atoms with van der Waals surface area (Å²) in [6.45, 7) is 0. The van der Waals surface area contributed by atoms with E-state index < -0.39 is 0 Å². The van der Waals surface area contributed by atoms with Gasteiger partial charge in [0.05, 0.1) is 12.8 Å². The first-order chi connectivity index (χ1) is 11.2. The molecule has 0 fully saturated rings. The summed E-state index contributed by atoms with van der Waals surface area (Å²) in [5.74, 6) is 0.868. The van der Waals surface area contributed by atoms with Crippen molar-refractivity contribution in [2.75, 3.05) is 12.4 Å². The van der Waals surface area contributed by atoms with Gasteiger partial charge in [0, 0.05) is 30.5 Å². The molecule has 0 aliphatic carbocycles. The van der Waals surface area contributed by atoms with Crippen LogP contribution in [0.1, 0.15) is 12.2 Å². The van der Waals surface area contributed by atoms with Gasteiger partial charge in [-0.25, -0.2) is 4.98 Å². The second kappa shape index (κ2) is 7.01. The van der Waals surface area contributed by atoms with Crippen molar-refractivity contribution >= 4 is 22.4 Å². The lowest BCUT2D eigenvalue weighted by Crippen LogP contribution is -2.11. The van der Waals surface area contributed by atoms with Crippen LogP contribution in [0.3, 0.4) is 0 Å². The minimum Gasteiger partial charge on any atom is -0.479 e. The number of amides is 1. The first kappa shape index (κ1) is 15.2. The van der Waals surface area contributed by atoms with E-state index >= 15 is 0 Å². The zero-order valence-corrected chi connectivity index (χ0v) is 13.2. The van der Waals surface area contributed by atoms with E-state index in [2.05, 4.69) is 20.4 Å². The van der Waals surface area contributed by atoms with Crippen molar-refractivity contribution in [2.24, 2.45) is 0 Å². The highest BCUT2D eigenvalue weighted by molar-refractivity contribution is 7.14. The van der Waals surface area contributed by atoms with Crippen LogP contribution in [0.2, 0.25) is 0 Å². The molecule has 0 aromatic carbocycles. The number of anilines is 1. The van der Waals surface area contributed by atoms with E-state index in [0.717, 1.165) is 11.4 Å². The summed E-state index contributed by atoms with van der Waals surface area (Å²) in [7, 11) is 1.51. The molecule has 1 N–H and O–H groups in total. The Labute approximate surface area is 136 Å². The van der Waals surface area contributed by atoms with E-state index in [1.54, 1.807) is 12.3 Å². The Kier molecular flexibility index (Phi) is 4.62. The van der Waals surface area contributed by atoms with Crippen LogP contribution in [0.25, 0.3) is 11.4 Å². The van der Waals surface area contributed by atoms with Crippen LogP contribution in [-0.2, 0) is 11.2 Å². The van der Waals surface area contributed by atoms with Gasteiger partial charge in [-0.15, -0.1) is 11.3 Å². The third-order valence-corrected chi connectivity index (χ3v) is 3.78. The van der Waals surface area contributed by atoms with Crippen LogP contribution >= 0.6 is 11.3 Å². The van der Waals surface area contributed by atoms with Crippen molar-refractivity contribution in [3.63, 3.8) is 0 Å². The number of thiazole rings is 1. The zero-order chi connectivity index (χ0) is 16.1.